The third-order valence-corrected chi connectivity index (χ3v) is 6.51. The van der Waals surface area contributed by atoms with Gasteiger partial charge in [-0.1, -0.05) is 74.0 Å². The average Bonchev–Trinajstić information content (AvgIpc) is 2.94. The van der Waals surface area contributed by atoms with Crippen LogP contribution in [0.5, 0.6) is 0 Å². The Bertz CT molecular complexity index is 1260. The van der Waals surface area contributed by atoms with Gasteiger partial charge in [0.05, 0.1) is 0 Å². The number of nitrogens with zero attached hydrogens (tertiary/aromatic N) is 1. The normalized spacial score (nSPS) is 14.0. The van der Waals surface area contributed by atoms with Gasteiger partial charge in [0.15, 0.2) is 0 Å². The standard InChI is InChI=1S/C28H27N/c1-18-13-14-23-25(15-18)28(2,3)26-17-24(19-9-8-10-20(16-19)29(4)5)21-11-6-7-12-22(21)27(23)26/h6-17H,1-5H3. The summed E-state index contributed by atoms with van der Waals surface area (Å²) < 4.78 is 0. The Kier molecular flexibility index (Phi) is 3.86. The molecule has 0 saturated carbocycles. The molecule has 0 bridgehead atoms. The molecule has 0 saturated heterocycles. The van der Waals surface area contributed by atoms with Crippen LogP contribution in [-0.4, -0.2) is 14.1 Å². The molecule has 0 N–H and O–H groups in total. The second kappa shape index (κ2) is 6.22. The van der Waals surface area contributed by atoms with Gasteiger partial charge in [-0.3, -0.25) is 0 Å². The Labute approximate surface area is 173 Å². The summed E-state index contributed by atoms with van der Waals surface area (Å²) in [5, 5.41) is 2.68. The second-order valence-electron chi connectivity index (χ2n) is 9.01. The molecule has 4 aromatic carbocycles. The lowest BCUT2D eigenvalue weighted by atomic mass is 9.80. The Hall–Kier alpha value is -3.06. The fraction of sp³-hybridized carbons (Fsp3) is 0.214. The molecule has 0 fully saturated rings. The van der Waals surface area contributed by atoms with E-state index in [0.29, 0.717) is 0 Å². The molecular formula is C28H27N. The minimum atomic E-state index is -0.00533. The van der Waals surface area contributed by atoms with E-state index >= 15 is 0 Å². The topological polar surface area (TPSA) is 3.24 Å². The van der Waals surface area contributed by atoms with Crippen molar-refractivity contribution in [1.29, 1.82) is 0 Å². The van der Waals surface area contributed by atoms with E-state index in [1.807, 2.05) is 0 Å². The molecule has 1 heteroatoms. The number of hydrogen-bond acceptors (Lipinski definition) is 1. The van der Waals surface area contributed by atoms with Crippen LogP contribution in [0.1, 0.15) is 30.5 Å². The highest BCUT2D eigenvalue weighted by atomic mass is 15.1. The SMILES string of the molecule is Cc1ccc2c(c1)C(C)(C)c1cc(-c3cccc(N(C)C)c3)c3ccccc3c1-2. The van der Waals surface area contributed by atoms with Gasteiger partial charge in [0.25, 0.3) is 0 Å². The molecule has 0 unspecified atom stereocenters. The van der Waals surface area contributed by atoms with Crippen molar-refractivity contribution in [3.63, 3.8) is 0 Å². The number of hydrogen-bond donors (Lipinski definition) is 0. The van der Waals surface area contributed by atoms with E-state index in [2.05, 4.69) is 113 Å². The Balaban J connectivity index is 1.87. The third kappa shape index (κ3) is 2.61. The lowest BCUT2D eigenvalue weighted by molar-refractivity contribution is 0.660. The van der Waals surface area contributed by atoms with Gasteiger partial charge < -0.3 is 4.90 Å². The van der Waals surface area contributed by atoms with Crippen molar-refractivity contribution in [2.45, 2.75) is 26.2 Å². The van der Waals surface area contributed by atoms with Crippen LogP contribution in [0.25, 0.3) is 33.0 Å². The van der Waals surface area contributed by atoms with Gasteiger partial charge in [-0.15, -0.1) is 0 Å². The first-order valence-electron chi connectivity index (χ1n) is 10.3. The third-order valence-electron chi connectivity index (χ3n) is 6.51. The van der Waals surface area contributed by atoms with E-state index < -0.39 is 0 Å². The van der Waals surface area contributed by atoms with Crippen LogP contribution in [0.4, 0.5) is 5.69 Å². The van der Waals surface area contributed by atoms with E-state index in [1.165, 1.54) is 55.4 Å². The molecule has 1 aliphatic rings. The molecular weight excluding hydrogens is 350 g/mol. The highest BCUT2D eigenvalue weighted by Gasteiger charge is 2.37. The number of aryl methyl sites for hydroxylation is 1. The number of anilines is 1. The number of benzene rings is 4. The van der Waals surface area contributed by atoms with E-state index in [0.717, 1.165) is 0 Å². The van der Waals surface area contributed by atoms with Gasteiger partial charge in [-0.2, -0.15) is 0 Å². The molecule has 144 valence electrons. The maximum Gasteiger partial charge on any atom is 0.0367 e. The highest BCUT2D eigenvalue weighted by Crippen LogP contribution is 2.53. The van der Waals surface area contributed by atoms with E-state index in [4.69, 9.17) is 0 Å². The Morgan fingerprint density at radius 2 is 1.45 bits per heavy atom. The zero-order valence-electron chi connectivity index (χ0n) is 17.9. The van der Waals surface area contributed by atoms with Crippen LogP contribution in [0.15, 0.2) is 72.8 Å². The second-order valence-corrected chi connectivity index (χ2v) is 9.01. The molecule has 0 aromatic heterocycles. The summed E-state index contributed by atoms with van der Waals surface area (Å²) in [5.74, 6) is 0. The van der Waals surface area contributed by atoms with Gasteiger partial charge in [0, 0.05) is 25.2 Å². The van der Waals surface area contributed by atoms with E-state index in [1.54, 1.807) is 0 Å². The zero-order chi connectivity index (χ0) is 20.3. The average molecular weight is 378 g/mol. The zero-order valence-corrected chi connectivity index (χ0v) is 17.9. The molecule has 4 aromatic rings. The van der Waals surface area contributed by atoms with Crippen LogP contribution in [0.3, 0.4) is 0 Å². The van der Waals surface area contributed by atoms with Crippen molar-refractivity contribution >= 4 is 16.5 Å². The molecule has 29 heavy (non-hydrogen) atoms. The minimum absolute atomic E-state index is 0.00533. The maximum atomic E-state index is 2.45. The fourth-order valence-electron chi connectivity index (χ4n) is 4.89. The van der Waals surface area contributed by atoms with Crippen molar-refractivity contribution in [3.8, 4) is 22.3 Å². The summed E-state index contributed by atoms with van der Waals surface area (Å²) in [6, 6.07) is 27.1. The van der Waals surface area contributed by atoms with E-state index in [9.17, 15) is 0 Å². The van der Waals surface area contributed by atoms with Crippen LogP contribution < -0.4 is 4.90 Å². The van der Waals surface area contributed by atoms with Crippen molar-refractivity contribution in [1.82, 2.24) is 0 Å². The first-order valence-corrected chi connectivity index (χ1v) is 10.3. The maximum absolute atomic E-state index is 2.45. The van der Waals surface area contributed by atoms with Crippen molar-refractivity contribution in [2.24, 2.45) is 0 Å². The predicted octanol–water partition coefficient (Wildman–Crippen LogP) is 7.19. The summed E-state index contributed by atoms with van der Waals surface area (Å²) in [7, 11) is 4.20. The first-order chi connectivity index (χ1) is 13.9. The highest BCUT2D eigenvalue weighted by molar-refractivity contribution is 6.09. The first kappa shape index (κ1) is 18.0. The summed E-state index contributed by atoms with van der Waals surface area (Å²) in [6.07, 6.45) is 0. The van der Waals surface area contributed by atoms with Crippen molar-refractivity contribution in [3.05, 3.63) is 89.5 Å². The predicted molar refractivity (Wildman–Crippen MR) is 126 cm³/mol. The van der Waals surface area contributed by atoms with Gasteiger partial charge >= 0.3 is 0 Å². The Morgan fingerprint density at radius 3 is 2.21 bits per heavy atom. The Morgan fingerprint density at radius 1 is 0.690 bits per heavy atom. The van der Waals surface area contributed by atoms with Crippen LogP contribution >= 0.6 is 0 Å². The molecule has 0 amide bonds. The summed E-state index contributed by atoms with van der Waals surface area (Å²) >= 11 is 0. The van der Waals surface area contributed by atoms with Gasteiger partial charge in [-0.25, -0.2) is 0 Å². The van der Waals surface area contributed by atoms with Crippen molar-refractivity contribution < 1.29 is 0 Å². The molecule has 1 aliphatic carbocycles. The molecule has 0 spiro atoms. The van der Waals surface area contributed by atoms with E-state index in [-0.39, 0.29) is 5.41 Å². The van der Waals surface area contributed by atoms with Crippen molar-refractivity contribution in [2.75, 3.05) is 19.0 Å². The monoisotopic (exact) mass is 377 g/mol. The van der Waals surface area contributed by atoms with Crippen LogP contribution in [0, 0.1) is 6.92 Å². The quantitative estimate of drug-likeness (QED) is 0.357. The molecule has 1 nitrogen and oxygen atoms in total. The lowest BCUT2D eigenvalue weighted by Crippen LogP contribution is -2.15. The number of rotatable bonds is 2. The molecule has 0 heterocycles. The lowest BCUT2D eigenvalue weighted by Gasteiger charge is -2.23. The van der Waals surface area contributed by atoms with Gasteiger partial charge in [0.1, 0.15) is 0 Å². The molecule has 0 aliphatic heterocycles. The minimum Gasteiger partial charge on any atom is -0.378 e. The van der Waals surface area contributed by atoms with Crippen LogP contribution in [0.2, 0.25) is 0 Å². The summed E-state index contributed by atoms with van der Waals surface area (Å²) in [5.41, 5.74) is 10.8. The molecule has 0 radical (unpaired) electrons. The fourth-order valence-corrected chi connectivity index (χ4v) is 4.89. The number of fused-ring (bicyclic) bond motifs is 5. The van der Waals surface area contributed by atoms with Gasteiger partial charge in [0.2, 0.25) is 0 Å². The largest absolute Gasteiger partial charge is 0.378 e. The smallest absolute Gasteiger partial charge is 0.0367 e. The molecule has 5 rings (SSSR count). The van der Waals surface area contributed by atoms with Gasteiger partial charge in [-0.05, 0) is 69.3 Å². The van der Waals surface area contributed by atoms with Crippen LogP contribution in [-0.2, 0) is 5.41 Å². The summed E-state index contributed by atoms with van der Waals surface area (Å²) in [4.78, 5) is 2.17. The summed E-state index contributed by atoms with van der Waals surface area (Å²) in [6.45, 7) is 6.92. The molecule has 0 atom stereocenters.